The van der Waals surface area contributed by atoms with Gasteiger partial charge < -0.3 is 5.32 Å². The van der Waals surface area contributed by atoms with Gasteiger partial charge in [0.15, 0.2) is 0 Å². The average molecular weight is 266 g/mol. The molecule has 1 N–H and O–H groups in total. The van der Waals surface area contributed by atoms with Crippen molar-refractivity contribution in [3.05, 3.63) is 41.2 Å². The third kappa shape index (κ3) is 3.81. The number of tetrazole rings is 1. The van der Waals surface area contributed by atoms with Crippen molar-refractivity contribution in [2.24, 2.45) is 0 Å². The highest BCUT2D eigenvalue weighted by atomic mass is 35.5. The van der Waals surface area contributed by atoms with Crippen LogP contribution in [0.25, 0.3) is 0 Å². The van der Waals surface area contributed by atoms with Crippen LogP contribution in [-0.4, -0.2) is 32.7 Å². The molecule has 0 atom stereocenters. The van der Waals surface area contributed by atoms with E-state index in [4.69, 9.17) is 11.6 Å². The average Bonchev–Trinajstić information content (AvgIpc) is 2.84. The summed E-state index contributed by atoms with van der Waals surface area (Å²) in [7, 11) is 0. The molecule has 0 unspecified atom stereocenters. The first kappa shape index (κ1) is 12.5. The van der Waals surface area contributed by atoms with Crippen LogP contribution in [0, 0.1) is 0 Å². The number of halogens is 1. The SMILES string of the molecule is O=C(Cn1cnnn1)NCCc1ccc(Cl)cc1. The number of aromatic nitrogens is 4. The number of benzene rings is 1. The second kappa shape index (κ2) is 6.11. The summed E-state index contributed by atoms with van der Waals surface area (Å²) in [4.78, 5) is 11.5. The van der Waals surface area contributed by atoms with Crippen molar-refractivity contribution >= 4 is 17.5 Å². The minimum atomic E-state index is -0.115. The van der Waals surface area contributed by atoms with E-state index in [0.717, 1.165) is 12.0 Å². The van der Waals surface area contributed by atoms with Gasteiger partial charge in [0.2, 0.25) is 5.91 Å². The van der Waals surface area contributed by atoms with Crippen molar-refractivity contribution in [2.45, 2.75) is 13.0 Å². The van der Waals surface area contributed by atoms with Crippen LogP contribution in [0.5, 0.6) is 0 Å². The molecular formula is C11H12ClN5O. The van der Waals surface area contributed by atoms with Crippen molar-refractivity contribution in [2.75, 3.05) is 6.54 Å². The maximum absolute atomic E-state index is 11.5. The lowest BCUT2D eigenvalue weighted by Crippen LogP contribution is -2.29. The normalized spacial score (nSPS) is 10.3. The lowest BCUT2D eigenvalue weighted by Gasteiger charge is -2.05. The number of rotatable bonds is 5. The molecule has 0 fully saturated rings. The van der Waals surface area contributed by atoms with E-state index in [1.807, 2.05) is 24.3 Å². The van der Waals surface area contributed by atoms with Crippen molar-refractivity contribution in [1.82, 2.24) is 25.5 Å². The first-order chi connectivity index (χ1) is 8.74. The smallest absolute Gasteiger partial charge is 0.241 e. The van der Waals surface area contributed by atoms with Gasteiger partial charge in [0.25, 0.3) is 0 Å². The molecule has 7 heteroatoms. The summed E-state index contributed by atoms with van der Waals surface area (Å²) in [6, 6.07) is 7.55. The van der Waals surface area contributed by atoms with Gasteiger partial charge in [-0.2, -0.15) is 0 Å². The van der Waals surface area contributed by atoms with E-state index in [-0.39, 0.29) is 12.5 Å². The summed E-state index contributed by atoms with van der Waals surface area (Å²) in [5.41, 5.74) is 1.13. The molecule has 1 aromatic carbocycles. The second-order valence-corrected chi connectivity index (χ2v) is 4.17. The fourth-order valence-electron chi connectivity index (χ4n) is 1.45. The number of carbonyl (C=O) groups is 1. The Morgan fingerprint density at radius 1 is 1.33 bits per heavy atom. The fourth-order valence-corrected chi connectivity index (χ4v) is 1.58. The molecule has 18 heavy (non-hydrogen) atoms. The zero-order valence-corrected chi connectivity index (χ0v) is 10.3. The predicted octanol–water partition coefficient (Wildman–Crippen LogP) is 0.685. The van der Waals surface area contributed by atoms with Gasteiger partial charge >= 0.3 is 0 Å². The lowest BCUT2D eigenvalue weighted by molar-refractivity contribution is -0.121. The van der Waals surface area contributed by atoms with Crippen LogP contribution in [-0.2, 0) is 17.8 Å². The van der Waals surface area contributed by atoms with Crippen LogP contribution < -0.4 is 5.32 Å². The maximum Gasteiger partial charge on any atom is 0.241 e. The van der Waals surface area contributed by atoms with Gasteiger partial charge in [0.1, 0.15) is 12.9 Å². The fraction of sp³-hybridized carbons (Fsp3) is 0.273. The van der Waals surface area contributed by atoms with Crippen molar-refractivity contribution < 1.29 is 4.79 Å². The molecule has 0 aliphatic heterocycles. The predicted molar refractivity (Wildman–Crippen MR) is 66.0 cm³/mol. The molecule has 94 valence electrons. The largest absolute Gasteiger partial charge is 0.354 e. The standard InChI is InChI=1S/C11H12ClN5O/c12-10-3-1-9(2-4-10)5-6-13-11(18)7-17-8-14-15-16-17/h1-4,8H,5-7H2,(H,13,18). The number of nitrogens with one attached hydrogen (secondary N) is 1. The van der Waals surface area contributed by atoms with Crippen LogP contribution in [0.1, 0.15) is 5.56 Å². The van der Waals surface area contributed by atoms with Crippen molar-refractivity contribution in [1.29, 1.82) is 0 Å². The van der Waals surface area contributed by atoms with Gasteiger partial charge in [-0.15, -0.1) is 5.10 Å². The topological polar surface area (TPSA) is 72.7 Å². The highest BCUT2D eigenvalue weighted by molar-refractivity contribution is 6.30. The summed E-state index contributed by atoms with van der Waals surface area (Å²) < 4.78 is 1.37. The molecule has 6 nitrogen and oxygen atoms in total. The Labute approximate surface area is 109 Å². The third-order valence-corrected chi connectivity index (χ3v) is 2.60. The third-order valence-electron chi connectivity index (χ3n) is 2.35. The summed E-state index contributed by atoms with van der Waals surface area (Å²) in [5.74, 6) is -0.115. The van der Waals surface area contributed by atoms with E-state index in [1.54, 1.807) is 0 Å². The molecule has 0 aliphatic carbocycles. The van der Waals surface area contributed by atoms with E-state index in [9.17, 15) is 4.79 Å². The molecule has 0 saturated carbocycles. The molecule has 0 saturated heterocycles. The summed E-state index contributed by atoms with van der Waals surface area (Å²) in [6.07, 6.45) is 2.16. The molecule has 0 spiro atoms. The highest BCUT2D eigenvalue weighted by Gasteiger charge is 2.03. The highest BCUT2D eigenvalue weighted by Crippen LogP contribution is 2.09. The van der Waals surface area contributed by atoms with E-state index in [1.165, 1.54) is 11.0 Å². The zero-order chi connectivity index (χ0) is 12.8. The molecule has 2 aromatic rings. The van der Waals surface area contributed by atoms with Crippen LogP contribution in [0.15, 0.2) is 30.6 Å². The van der Waals surface area contributed by atoms with Crippen molar-refractivity contribution in [3.8, 4) is 0 Å². The Morgan fingerprint density at radius 3 is 2.78 bits per heavy atom. The Kier molecular flexibility index (Phi) is 4.25. The molecule has 1 amide bonds. The minimum Gasteiger partial charge on any atom is -0.354 e. The Balaban J connectivity index is 1.72. The van der Waals surface area contributed by atoms with Crippen LogP contribution >= 0.6 is 11.6 Å². The number of carbonyl (C=O) groups excluding carboxylic acids is 1. The van der Waals surface area contributed by atoms with E-state index >= 15 is 0 Å². The van der Waals surface area contributed by atoms with Gasteiger partial charge in [-0.1, -0.05) is 23.7 Å². The number of amides is 1. The van der Waals surface area contributed by atoms with Gasteiger partial charge in [0.05, 0.1) is 0 Å². The van der Waals surface area contributed by atoms with Crippen LogP contribution in [0.4, 0.5) is 0 Å². The monoisotopic (exact) mass is 265 g/mol. The summed E-state index contributed by atoms with van der Waals surface area (Å²) in [5, 5.41) is 14.0. The lowest BCUT2D eigenvalue weighted by atomic mass is 10.1. The molecule has 0 radical (unpaired) electrons. The molecule has 1 heterocycles. The summed E-state index contributed by atoms with van der Waals surface area (Å²) in [6.45, 7) is 0.705. The van der Waals surface area contributed by atoms with Crippen LogP contribution in [0.3, 0.4) is 0 Å². The summed E-state index contributed by atoms with van der Waals surface area (Å²) >= 11 is 5.78. The first-order valence-electron chi connectivity index (χ1n) is 5.46. The quantitative estimate of drug-likeness (QED) is 0.863. The molecule has 0 bridgehead atoms. The van der Waals surface area contributed by atoms with Gasteiger partial charge in [0, 0.05) is 11.6 Å². The molecular weight excluding hydrogens is 254 g/mol. The number of nitrogens with zero attached hydrogens (tertiary/aromatic N) is 4. The van der Waals surface area contributed by atoms with E-state index in [2.05, 4.69) is 20.8 Å². The molecule has 2 rings (SSSR count). The van der Waals surface area contributed by atoms with Crippen molar-refractivity contribution in [3.63, 3.8) is 0 Å². The number of hydrogen-bond acceptors (Lipinski definition) is 4. The Morgan fingerprint density at radius 2 is 2.11 bits per heavy atom. The number of hydrogen-bond donors (Lipinski definition) is 1. The van der Waals surface area contributed by atoms with Gasteiger partial charge in [-0.05, 0) is 34.5 Å². The van der Waals surface area contributed by atoms with Gasteiger partial charge in [-0.3, -0.25) is 4.79 Å². The minimum absolute atomic E-state index is 0.115. The van der Waals surface area contributed by atoms with Gasteiger partial charge in [-0.25, -0.2) is 4.68 Å². The van der Waals surface area contributed by atoms with E-state index < -0.39 is 0 Å². The van der Waals surface area contributed by atoms with Crippen LogP contribution in [0.2, 0.25) is 5.02 Å². The maximum atomic E-state index is 11.5. The molecule has 0 aliphatic rings. The van der Waals surface area contributed by atoms with E-state index in [0.29, 0.717) is 11.6 Å². The molecule has 1 aromatic heterocycles. The Hall–Kier alpha value is -1.95. The Bertz CT molecular complexity index is 497. The first-order valence-corrected chi connectivity index (χ1v) is 5.84. The second-order valence-electron chi connectivity index (χ2n) is 3.73. The zero-order valence-electron chi connectivity index (χ0n) is 9.58.